The molecule has 0 radical (unpaired) electrons. The third kappa shape index (κ3) is 4.24. The summed E-state index contributed by atoms with van der Waals surface area (Å²) in [6.45, 7) is 2.12. The van der Waals surface area contributed by atoms with Gasteiger partial charge in [-0.1, -0.05) is 0 Å². The second-order valence-electron chi connectivity index (χ2n) is 1.77. The Labute approximate surface area is 59.6 Å². The maximum absolute atomic E-state index is 10.6. The number of carbonyl (C=O) groups is 1. The molecule has 54 valence electrons. The summed E-state index contributed by atoms with van der Waals surface area (Å²) in [6, 6.07) is -0.437. The first-order valence-corrected chi connectivity index (χ1v) is 3.31. The van der Waals surface area contributed by atoms with Crippen LogP contribution in [0.3, 0.4) is 0 Å². The van der Waals surface area contributed by atoms with Crippen molar-refractivity contribution < 1.29 is 4.79 Å². The van der Waals surface area contributed by atoms with Crippen LogP contribution in [0, 0.1) is 0 Å². The van der Waals surface area contributed by atoms with E-state index in [2.05, 4.69) is 5.32 Å². The summed E-state index contributed by atoms with van der Waals surface area (Å²) in [4.78, 5) is 10.6. The van der Waals surface area contributed by atoms with Crippen LogP contribution < -0.4 is 11.1 Å². The topological polar surface area (TPSA) is 55.1 Å². The zero-order chi connectivity index (χ0) is 7.28. The average Bonchev–Trinajstić information content (AvgIpc) is 1.82. The highest BCUT2D eigenvalue weighted by Gasteiger charge is 2.03. The number of rotatable bonds is 3. The number of hydrogen-bond acceptors (Lipinski definition) is 2. The van der Waals surface area contributed by atoms with E-state index in [0.717, 1.165) is 0 Å². The highest BCUT2D eigenvalue weighted by atomic mass is 35.5. The van der Waals surface area contributed by atoms with Crippen LogP contribution in [0.2, 0.25) is 0 Å². The molecule has 3 nitrogen and oxygen atoms in total. The van der Waals surface area contributed by atoms with Gasteiger partial charge in [0, 0.05) is 12.4 Å². The van der Waals surface area contributed by atoms with Gasteiger partial charge in [-0.05, 0) is 6.92 Å². The summed E-state index contributed by atoms with van der Waals surface area (Å²) in [5.41, 5.74) is 5.22. The average molecular weight is 151 g/mol. The second kappa shape index (κ2) is 4.58. The first-order valence-electron chi connectivity index (χ1n) is 2.77. The number of nitrogens with one attached hydrogen (secondary N) is 1. The van der Waals surface area contributed by atoms with Gasteiger partial charge in [-0.3, -0.25) is 4.79 Å². The van der Waals surface area contributed by atoms with Gasteiger partial charge in [0.25, 0.3) is 0 Å². The minimum atomic E-state index is -0.437. The Kier molecular flexibility index (Phi) is 4.44. The Balaban J connectivity index is 3.28. The van der Waals surface area contributed by atoms with E-state index in [0.29, 0.717) is 12.4 Å². The van der Waals surface area contributed by atoms with Gasteiger partial charge in [-0.15, -0.1) is 11.6 Å². The fraction of sp³-hybridized carbons (Fsp3) is 0.800. The lowest BCUT2D eigenvalue weighted by atomic mass is 10.3. The molecular weight excluding hydrogens is 140 g/mol. The van der Waals surface area contributed by atoms with Gasteiger partial charge in [0.2, 0.25) is 5.91 Å². The molecule has 0 aliphatic rings. The Morgan fingerprint density at radius 1 is 1.89 bits per heavy atom. The molecule has 0 heterocycles. The lowest BCUT2D eigenvalue weighted by Gasteiger charge is -2.03. The van der Waals surface area contributed by atoms with Crippen LogP contribution in [0.4, 0.5) is 0 Å². The molecule has 0 saturated heterocycles. The van der Waals surface area contributed by atoms with Gasteiger partial charge in [0.1, 0.15) is 0 Å². The van der Waals surface area contributed by atoms with Gasteiger partial charge < -0.3 is 11.1 Å². The minimum absolute atomic E-state index is 0.157. The van der Waals surface area contributed by atoms with Gasteiger partial charge in [0.05, 0.1) is 6.04 Å². The van der Waals surface area contributed by atoms with Gasteiger partial charge in [0.15, 0.2) is 0 Å². The third-order valence-corrected chi connectivity index (χ3v) is 0.996. The van der Waals surface area contributed by atoms with Crippen molar-refractivity contribution in [2.45, 2.75) is 13.0 Å². The standard InChI is InChI=1S/C5H11ClN2O/c1-4(7)5(9)8-3-2-6/h4H,2-3,7H2,1H3,(H,8,9). The molecule has 0 bridgehead atoms. The van der Waals surface area contributed by atoms with Gasteiger partial charge in [-0.25, -0.2) is 0 Å². The number of nitrogens with two attached hydrogens (primary N) is 1. The fourth-order valence-electron chi connectivity index (χ4n) is 0.331. The molecule has 4 heteroatoms. The van der Waals surface area contributed by atoms with Crippen LogP contribution in [-0.4, -0.2) is 24.4 Å². The van der Waals surface area contributed by atoms with E-state index in [1.165, 1.54) is 0 Å². The SMILES string of the molecule is CC(N)C(=O)NCCCl. The number of amides is 1. The van der Waals surface area contributed by atoms with E-state index in [1.54, 1.807) is 6.92 Å². The van der Waals surface area contributed by atoms with E-state index in [-0.39, 0.29) is 5.91 Å². The predicted octanol–water partition coefficient (Wildman–Crippen LogP) is -0.311. The van der Waals surface area contributed by atoms with Crippen LogP contribution >= 0.6 is 11.6 Å². The fourth-order valence-corrected chi connectivity index (χ4v) is 0.426. The van der Waals surface area contributed by atoms with Crippen LogP contribution in [0.5, 0.6) is 0 Å². The molecule has 3 N–H and O–H groups in total. The van der Waals surface area contributed by atoms with Crippen molar-refractivity contribution in [1.82, 2.24) is 5.32 Å². The van der Waals surface area contributed by atoms with Crippen molar-refractivity contribution in [2.24, 2.45) is 5.73 Å². The van der Waals surface area contributed by atoms with Crippen molar-refractivity contribution >= 4 is 17.5 Å². The largest absolute Gasteiger partial charge is 0.354 e. The summed E-state index contributed by atoms with van der Waals surface area (Å²) in [7, 11) is 0. The van der Waals surface area contributed by atoms with Crippen LogP contribution in [0.1, 0.15) is 6.92 Å². The summed E-state index contributed by atoms with van der Waals surface area (Å²) in [5.74, 6) is 0.272. The molecule has 0 saturated carbocycles. The molecule has 0 rings (SSSR count). The Hall–Kier alpha value is -0.280. The van der Waals surface area contributed by atoms with E-state index < -0.39 is 6.04 Å². The summed E-state index contributed by atoms with van der Waals surface area (Å²) >= 11 is 5.29. The molecule has 0 spiro atoms. The molecule has 1 atom stereocenters. The highest BCUT2D eigenvalue weighted by molar-refractivity contribution is 6.18. The van der Waals surface area contributed by atoms with Crippen molar-refractivity contribution in [3.05, 3.63) is 0 Å². The van der Waals surface area contributed by atoms with Crippen molar-refractivity contribution in [1.29, 1.82) is 0 Å². The Bertz CT molecular complexity index is 95.0. The van der Waals surface area contributed by atoms with Crippen LogP contribution in [0.15, 0.2) is 0 Å². The van der Waals surface area contributed by atoms with Gasteiger partial charge >= 0.3 is 0 Å². The molecule has 0 aromatic heterocycles. The van der Waals surface area contributed by atoms with Crippen LogP contribution in [0.25, 0.3) is 0 Å². The maximum Gasteiger partial charge on any atom is 0.236 e. The lowest BCUT2D eigenvalue weighted by molar-refractivity contribution is -0.121. The molecule has 0 fully saturated rings. The van der Waals surface area contributed by atoms with Crippen LogP contribution in [-0.2, 0) is 4.79 Å². The third-order valence-electron chi connectivity index (χ3n) is 0.807. The maximum atomic E-state index is 10.6. The molecule has 0 aliphatic heterocycles. The summed E-state index contributed by atoms with van der Waals surface area (Å²) in [6.07, 6.45) is 0. The molecule has 0 aromatic rings. The molecule has 9 heavy (non-hydrogen) atoms. The first kappa shape index (κ1) is 8.72. The monoisotopic (exact) mass is 150 g/mol. The van der Waals surface area contributed by atoms with Crippen molar-refractivity contribution in [3.8, 4) is 0 Å². The minimum Gasteiger partial charge on any atom is -0.354 e. The zero-order valence-corrected chi connectivity index (χ0v) is 6.11. The summed E-state index contributed by atoms with van der Waals surface area (Å²) in [5, 5.41) is 2.54. The Morgan fingerprint density at radius 3 is 2.78 bits per heavy atom. The van der Waals surface area contributed by atoms with Crippen molar-refractivity contribution in [3.63, 3.8) is 0 Å². The molecule has 1 unspecified atom stereocenters. The van der Waals surface area contributed by atoms with Crippen molar-refractivity contribution in [2.75, 3.05) is 12.4 Å². The molecule has 0 aliphatic carbocycles. The highest BCUT2D eigenvalue weighted by Crippen LogP contribution is 1.75. The smallest absolute Gasteiger partial charge is 0.236 e. The first-order chi connectivity index (χ1) is 4.18. The zero-order valence-electron chi connectivity index (χ0n) is 5.36. The predicted molar refractivity (Wildman–Crippen MR) is 37.4 cm³/mol. The molecule has 1 amide bonds. The normalized spacial score (nSPS) is 12.8. The van der Waals surface area contributed by atoms with E-state index in [1.807, 2.05) is 0 Å². The quantitative estimate of drug-likeness (QED) is 0.543. The van der Waals surface area contributed by atoms with E-state index >= 15 is 0 Å². The lowest BCUT2D eigenvalue weighted by Crippen LogP contribution is -2.39. The second-order valence-corrected chi connectivity index (χ2v) is 2.15. The molecule has 0 aromatic carbocycles. The number of carbonyl (C=O) groups excluding carboxylic acids is 1. The molecular formula is C5H11ClN2O. The van der Waals surface area contributed by atoms with Gasteiger partial charge in [-0.2, -0.15) is 0 Å². The number of hydrogen-bond donors (Lipinski definition) is 2. The van der Waals surface area contributed by atoms with E-state index in [9.17, 15) is 4.79 Å². The number of halogens is 1. The Morgan fingerprint density at radius 2 is 2.44 bits per heavy atom. The van der Waals surface area contributed by atoms with E-state index in [4.69, 9.17) is 17.3 Å². The number of alkyl halides is 1. The summed E-state index contributed by atoms with van der Waals surface area (Å²) < 4.78 is 0.